The van der Waals surface area contributed by atoms with Crippen LogP contribution in [0.25, 0.3) is 0 Å². The molecule has 1 aliphatic heterocycles. The zero-order valence-corrected chi connectivity index (χ0v) is 15.5. The van der Waals surface area contributed by atoms with Gasteiger partial charge in [-0.25, -0.2) is 7.46 Å². The molecule has 1 aliphatic carbocycles. The molecule has 0 bridgehead atoms. The van der Waals surface area contributed by atoms with Crippen molar-refractivity contribution in [2.75, 3.05) is 23.7 Å². The number of ether oxygens (including phenoxy) is 2. The Kier molecular flexibility index (Phi) is 5.33. The molecule has 1 N–H and O–H groups in total. The molecule has 0 radical (unpaired) electrons. The normalized spacial score (nSPS) is 20.4. The third-order valence-electron chi connectivity index (χ3n) is 4.73. The Labute approximate surface area is 150 Å². The van der Waals surface area contributed by atoms with Gasteiger partial charge in [0.2, 0.25) is 0 Å². The number of halogens is 2. The van der Waals surface area contributed by atoms with Crippen LogP contribution < -0.4 is 8.27 Å². The first-order valence-corrected chi connectivity index (χ1v) is 9.87. The smallest absolute Gasteiger partial charge is 0.326 e. The van der Waals surface area contributed by atoms with Gasteiger partial charge in [0, 0.05) is 13.1 Å². The quantitative estimate of drug-likeness (QED) is 0.409. The first kappa shape index (κ1) is 17.5. The summed E-state index contributed by atoms with van der Waals surface area (Å²) in [4.78, 5) is 14.1. The third kappa shape index (κ3) is 3.39. The number of anilines is 1. The van der Waals surface area contributed by atoms with Crippen molar-refractivity contribution in [2.24, 2.45) is 0 Å². The number of carbonyl (C=O) groups excluding carboxylic acids is 1. The summed E-state index contributed by atoms with van der Waals surface area (Å²) in [7, 11) is 1.42. The van der Waals surface area contributed by atoms with E-state index in [0.29, 0.717) is 0 Å². The molecule has 24 heavy (non-hydrogen) atoms. The molecule has 2 aliphatic rings. The van der Waals surface area contributed by atoms with Crippen molar-refractivity contribution in [3.63, 3.8) is 0 Å². The number of methoxy groups -OCH3 is 1. The largest absolute Gasteiger partial charge is 0.487 e. The zero-order valence-electron chi connectivity index (χ0n) is 13.4. The highest BCUT2D eigenvalue weighted by Gasteiger charge is 2.56. The summed E-state index contributed by atoms with van der Waals surface area (Å²) in [6.07, 6.45) is 3.04. The molecule has 1 saturated heterocycles. The van der Waals surface area contributed by atoms with Crippen molar-refractivity contribution in [2.45, 2.75) is 37.3 Å². The van der Waals surface area contributed by atoms with Crippen molar-refractivity contribution >= 4 is 33.1 Å². The maximum Gasteiger partial charge on any atom is 0.326 e. The van der Waals surface area contributed by atoms with Crippen molar-refractivity contribution < 1.29 is 21.7 Å². The van der Waals surface area contributed by atoms with Crippen molar-refractivity contribution in [3.05, 3.63) is 24.0 Å². The number of esters is 1. The SMILES string of the molecule is COC(=O)C1(N2CCC(Oc3cccc(NI=O)c3F)CC2)CC1. The zero-order chi connectivity index (χ0) is 17.2. The van der Waals surface area contributed by atoms with Crippen LogP contribution in [0.1, 0.15) is 25.7 Å². The summed E-state index contributed by atoms with van der Waals surface area (Å²) in [5, 5.41) is 0. The standard InChI is InChI=1S/C16H20FIN2O4/c1-23-15(21)16(7-8-16)20-9-5-11(6-10-20)24-13-4-2-3-12(14(13)17)19-18-22/h2-4,11H,5-10H2,1H3,(H,19,22). The molecule has 0 unspecified atom stereocenters. The van der Waals surface area contributed by atoms with Gasteiger partial charge in [0.1, 0.15) is 11.6 Å². The summed E-state index contributed by atoms with van der Waals surface area (Å²) in [5.41, 5.74) is -0.234. The van der Waals surface area contributed by atoms with Crippen LogP contribution in [0.15, 0.2) is 18.2 Å². The van der Waals surface area contributed by atoms with E-state index >= 15 is 0 Å². The maximum atomic E-state index is 14.3. The second-order valence-electron chi connectivity index (χ2n) is 6.12. The van der Waals surface area contributed by atoms with E-state index in [1.807, 2.05) is 0 Å². The van der Waals surface area contributed by atoms with Crippen LogP contribution in [0.5, 0.6) is 5.75 Å². The van der Waals surface area contributed by atoms with Gasteiger partial charge in [-0.1, -0.05) is 6.07 Å². The number of nitrogens with zero attached hydrogens (tertiary/aromatic N) is 1. The van der Waals surface area contributed by atoms with E-state index in [9.17, 15) is 12.3 Å². The van der Waals surface area contributed by atoms with E-state index in [4.69, 9.17) is 9.47 Å². The average Bonchev–Trinajstić information content (AvgIpc) is 3.40. The van der Waals surface area contributed by atoms with Gasteiger partial charge < -0.3 is 9.47 Å². The second-order valence-corrected chi connectivity index (χ2v) is 7.10. The number of piperidine rings is 1. The fourth-order valence-corrected chi connectivity index (χ4v) is 3.91. The maximum absolute atomic E-state index is 14.3. The second kappa shape index (κ2) is 7.30. The molecule has 1 aromatic rings. The monoisotopic (exact) mass is 450 g/mol. The Morgan fingerprint density at radius 3 is 2.67 bits per heavy atom. The fourth-order valence-electron chi connectivity index (χ4n) is 3.26. The van der Waals surface area contributed by atoms with Crippen LogP contribution in [-0.4, -0.2) is 42.7 Å². The van der Waals surface area contributed by atoms with Crippen LogP contribution in [0.3, 0.4) is 0 Å². The first-order chi connectivity index (χ1) is 11.6. The summed E-state index contributed by atoms with van der Waals surface area (Å²) >= 11 is -1.49. The predicted octanol–water partition coefficient (Wildman–Crippen LogP) is 3.02. The van der Waals surface area contributed by atoms with Crippen molar-refractivity contribution in [1.29, 1.82) is 0 Å². The molecule has 1 aromatic carbocycles. The lowest BCUT2D eigenvalue weighted by atomic mass is 10.0. The number of hydrogen-bond acceptors (Lipinski definition) is 5. The lowest BCUT2D eigenvalue weighted by molar-refractivity contribution is -0.149. The number of benzene rings is 1. The summed E-state index contributed by atoms with van der Waals surface area (Å²) < 4.78 is 38.2. The van der Waals surface area contributed by atoms with Crippen molar-refractivity contribution in [3.8, 4) is 5.75 Å². The Bertz CT molecular complexity index is 631. The molecule has 0 atom stereocenters. The van der Waals surface area contributed by atoms with E-state index < -0.39 is 32.8 Å². The van der Waals surface area contributed by atoms with E-state index in [2.05, 4.69) is 8.43 Å². The Hall–Kier alpha value is -1.29. The average molecular weight is 450 g/mol. The number of rotatable bonds is 6. The van der Waals surface area contributed by atoms with Crippen LogP contribution >= 0.6 is 21.5 Å². The molecule has 0 spiro atoms. The number of carbonyl (C=O) groups is 1. The minimum atomic E-state index is -1.49. The van der Waals surface area contributed by atoms with E-state index in [-0.39, 0.29) is 23.5 Å². The topological polar surface area (TPSA) is 67.9 Å². The third-order valence-corrected chi connectivity index (χ3v) is 5.53. The van der Waals surface area contributed by atoms with E-state index in [0.717, 1.165) is 38.8 Å². The van der Waals surface area contributed by atoms with Crippen molar-refractivity contribution in [1.82, 2.24) is 4.90 Å². The van der Waals surface area contributed by atoms with Gasteiger partial charge in [-0.05, 0) is 37.8 Å². The first-order valence-electron chi connectivity index (χ1n) is 7.91. The number of nitrogens with one attached hydrogen (secondary N) is 1. The highest BCUT2D eigenvalue weighted by Crippen LogP contribution is 2.44. The number of hydrogen-bond donors (Lipinski definition) is 1. The van der Waals surface area contributed by atoms with Gasteiger partial charge in [-0.3, -0.25) is 13.2 Å². The van der Waals surface area contributed by atoms with E-state index in [1.54, 1.807) is 12.1 Å². The molecular weight excluding hydrogens is 430 g/mol. The molecule has 6 nitrogen and oxygen atoms in total. The van der Waals surface area contributed by atoms with Crippen LogP contribution in [0.4, 0.5) is 10.1 Å². The fraction of sp³-hybridized carbons (Fsp3) is 0.562. The predicted molar refractivity (Wildman–Crippen MR) is 93.9 cm³/mol. The lowest BCUT2D eigenvalue weighted by Gasteiger charge is -2.36. The number of likely N-dealkylation sites (tertiary alicyclic amines) is 1. The molecule has 1 saturated carbocycles. The summed E-state index contributed by atoms with van der Waals surface area (Å²) in [6, 6.07) is 4.79. The van der Waals surface area contributed by atoms with E-state index in [1.165, 1.54) is 13.2 Å². The molecule has 0 amide bonds. The highest BCUT2D eigenvalue weighted by molar-refractivity contribution is 14.1. The molecular formula is C16H20FIN2O4. The minimum Gasteiger partial charge on any atom is -0.487 e. The van der Waals surface area contributed by atoms with Crippen LogP contribution in [-0.2, 0) is 12.6 Å². The summed E-state index contributed by atoms with van der Waals surface area (Å²) in [5.74, 6) is -0.499. The molecule has 0 aromatic heterocycles. The molecule has 2 fully saturated rings. The molecule has 3 rings (SSSR count). The van der Waals surface area contributed by atoms with Gasteiger partial charge in [-0.2, -0.15) is 0 Å². The van der Waals surface area contributed by atoms with Gasteiger partial charge in [-0.15, -0.1) is 0 Å². The van der Waals surface area contributed by atoms with Gasteiger partial charge in [0.25, 0.3) is 21.5 Å². The van der Waals surface area contributed by atoms with Gasteiger partial charge in [0.05, 0.1) is 12.8 Å². The van der Waals surface area contributed by atoms with Gasteiger partial charge in [0.15, 0.2) is 11.6 Å². The Morgan fingerprint density at radius 1 is 1.38 bits per heavy atom. The van der Waals surface area contributed by atoms with Gasteiger partial charge >= 0.3 is 5.97 Å². The molecule has 132 valence electrons. The van der Waals surface area contributed by atoms with Crippen LogP contribution in [0.2, 0.25) is 0 Å². The molecule has 8 heteroatoms. The Balaban J connectivity index is 1.59. The Morgan fingerprint density at radius 2 is 2.08 bits per heavy atom. The van der Waals surface area contributed by atoms with Crippen LogP contribution in [0, 0.1) is 5.82 Å². The molecule has 1 heterocycles. The minimum absolute atomic E-state index is 0.0959. The lowest BCUT2D eigenvalue weighted by Crippen LogP contribution is -2.49. The summed E-state index contributed by atoms with van der Waals surface area (Å²) in [6.45, 7) is 1.46. The highest BCUT2D eigenvalue weighted by atomic mass is 127.